The molecular formula is C19H21ClN6O4S2. The van der Waals surface area contributed by atoms with Gasteiger partial charge < -0.3 is 15.9 Å². The summed E-state index contributed by atoms with van der Waals surface area (Å²) in [5.74, 6) is 6.20. The Kier molecular flexibility index (Phi) is 7.29. The van der Waals surface area contributed by atoms with E-state index in [9.17, 15) is 13.2 Å². The first kappa shape index (κ1) is 23.9. The SMILES string of the molecule is COc1ccc(NC(=O)CSc2nnc(-c3ccccc3Cl)n2N)cc1S(=O)(=O)N(C)C. The molecule has 0 bridgehead atoms. The summed E-state index contributed by atoms with van der Waals surface area (Å²) in [6.45, 7) is 0. The van der Waals surface area contributed by atoms with E-state index in [0.717, 1.165) is 16.1 Å². The molecule has 1 amide bonds. The summed E-state index contributed by atoms with van der Waals surface area (Å²) in [5.41, 5.74) is 0.927. The van der Waals surface area contributed by atoms with Crippen molar-refractivity contribution < 1.29 is 17.9 Å². The largest absolute Gasteiger partial charge is 0.495 e. The molecule has 0 radical (unpaired) electrons. The number of rotatable bonds is 8. The summed E-state index contributed by atoms with van der Waals surface area (Å²) in [4.78, 5) is 12.4. The number of anilines is 1. The van der Waals surface area contributed by atoms with E-state index in [1.807, 2.05) is 0 Å². The molecule has 1 aromatic heterocycles. The third kappa shape index (κ3) is 4.99. The van der Waals surface area contributed by atoms with Crippen molar-refractivity contribution in [2.75, 3.05) is 38.1 Å². The lowest BCUT2D eigenvalue weighted by atomic mass is 10.2. The molecule has 13 heteroatoms. The van der Waals surface area contributed by atoms with Crippen molar-refractivity contribution >= 4 is 45.0 Å². The molecule has 0 spiro atoms. The normalized spacial score (nSPS) is 11.5. The summed E-state index contributed by atoms with van der Waals surface area (Å²) in [7, 11) is 0.437. The Labute approximate surface area is 194 Å². The number of carbonyl (C=O) groups excluding carboxylic acids is 1. The maximum Gasteiger partial charge on any atom is 0.246 e. The molecule has 3 aromatic rings. The van der Waals surface area contributed by atoms with Gasteiger partial charge in [0.15, 0.2) is 5.82 Å². The molecule has 0 aliphatic heterocycles. The number of aromatic nitrogens is 3. The minimum absolute atomic E-state index is 0.0281. The first-order chi connectivity index (χ1) is 15.1. The van der Waals surface area contributed by atoms with Crippen molar-refractivity contribution in [3.63, 3.8) is 0 Å². The Balaban J connectivity index is 1.72. The van der Waals surface area contributed by atoms with E-state index in [1.54, 1.807) is 30.3 Å². The van der Waals surface area contributed by atoms with Crippen LogP contribution in [0.1, 0.15) is 0 Å². The quantitative estimate of drug-likeness (QED) is 0.358. The second-order valence-corrected chi connectivity index (χ2v) is 10.1. The average Bonchev–Trinajstić information content (AvgIpc) is 3.12. The number of methoxy groups -OCH3 is 1. The van der Waals surface area contributed by atoms with E-state index in [1.165, 1.54) is 38.0 Å². The lowest BCUT2D eigenvalue weighted by Crippen LogP contribution is -2.23. The number of nitrogens with one attached hydrogen (secondary N) is 1. The highest BCUT2D eigenvalue weighted by Gasteiger charge is 2.23. The number of nitrogen functional groups attached to an aromatic ring is 1. The molecule has 0 atom stereocenters. The number of hydrogen-bond donors (Lipinski definition) is 2. The van der Waals surface area contributed by atoms with E-state index >= 15 is 0 Å². The smallest absolute Gasteiger partial charge is 0.246 e. The zero-order valence-corrected chi connectivity index (χ0v) is 19.8. The van der Waals surface area contributed by atoms with Gasteiger partial charge in [0, 0.05) is 25.3 Å². The second-order valence-electron chi connectivity index (χ2n) is 6.65. The maximum atomic E-state index is 12.5. The third-order valence-electron chi connectivity index (χ3n) is 4.32. The van der Waals surface area contributed by atoms with Gasteiger partial charge >= 0.3 is 0 Å². The van der Waals surface area contributed by atoms with Gasteiger partial charge in [0.05, 0.1) is 17.9 Å². The number of nitrogens with two attached hydrogens (primary N) is 1. The summed E-state index contributed by atoms with van der Waals surface area (Å²) < 4.78 is 32.5. The standard InChI is InChI=1S/C19H21ClN6O4S2/c1-25(2)32(28,29)16-10-12(8-9-15(16)30-3)22-17(27)11-31-19-24-23-18(26(19)21)13-6-4-5-7-14(13)20/h4-10H,11,21H2,1-3H3,(H,22,27). The summed E-state index contributed by atoms with van der Waals surface area (Å²) in [6.07, 6.45) is 0. The minimum Gasteiger partial charge on any atom is -0.495 e. The summed E-state index contributed by atoms with van der Waals surface area (Å²) >= 11 is 7.26. The molecule has 2 aromatic carbocycles. The highest BCUT2D eigenvalue weighted by atomic mass is 35.5. The Morgan fingerprint density at radius 2 is 1.97 bits per heavy atom. The van der Waals surface area contributed by atoms with Crippen LogP contribution in [0.2, 0.25) is 5.02 Å². The first-order valence-corrected chi connectivity index (χ1v) is 11.9. The van der Waals surface area contributed by atoms with Crippen molar-refractivity contribution in [1.29, 1.82) is 0 Å². The van der Waals surface area contributed by atoms with E-state index < -0.39 is 10.0 Å². The number of benzene rings is 2. The van der Waals surface area contributed by atoms with E-state index in [0.29, 0.717) is 27.3 Å². The molecule has 0 aliphatic carbocycles. The van der Waals surface area contributed by atoms with Crippen molar-refractivity contribution in [1.82, 2.24) is 19.2 Å². The van der Waals surface area contributed by atoms with Gasteiger partial charge in [0.1, 0.15) is 10.6 Å². The van der Waals surface area contributed by atoms with Gasteiger partial charge in [-0.1, -0.05) is 35.5 Å². The van der Waals surface area contributed by atoms with Crippen molar-refractivity contribution in [2.24, 2.45) is 0 Å². The van der Waals surface area contributed by atoms with Crippen LogP contribution >= 0.6 is 23.4 Å². The van der Waals surface area contributed by atoms with Gasteiger partial charge in [-0.2, -0.15) is 0 Å². The maximum absolute atomic E-state index is 12.5. The molecule has 0 unspecified atom stereocenters. The van der Waals surface area contributed by atoms with Crippen LogP contribution in [0.4, 0.5) is 5.69 Å². The number of carbonyl (C=O) groups is 1. The predicted octanol–water partition coefficient (Wildman–Crippen LogP) is 2.30. The monoisotopic (exact) mass is 496 g/mol. The molecule has 0 fully saturated rings. The van der Waals surface area contributed by atoms with Gasteiger partial charge in [0.2, 0.25) is 21.1 Å². The number of thioether (sulfide) groups is 1. The van der Waals surface area contributed by atoms with Crippen molar-refractivity contribution in [3.8, 4) is 17.1 Å². The van der Waals surface area contributed by atoms with E-state index in [2.05, 4.69) is 15.5 Å². The molecule has 0 aliphatic rings. The zero-order chi connectivity index (χ0) is 23.5. The molecular weight excluding hydrogens is 476 g/mol. The van der Waals surface area contributed by atoms with Gasteiger partial charge in [-0.25, -0.2) is 17.4 Å². The van der Waals surface area contributed by atoms with Crippen LogP contribution in [0.3, 0.4) is 0 Å². The lowest BCUT2D eigenvalue weighted by Gasteiger charge is -2.16. The zero-order valence-electron chi connectivity index (χ0n) is 17.4. The van der Waals surface area contributed by atoms with Crippen molar-refractivity contribution in [3.05, 3.63) is 47.5 Å². The van der Waals surface area contributed by atoms with Crippen LogP contribution in [0.15, 0.2) is 52.5 Å². The molecule has 10 nitrogen and oxygen atoms in total. The first-order valence-electron chi connectivity index (χ1n) is 9.13. The Morgan fingerprint density at radius 3 is 2.62 bits per heavy atom. The highest BCUT2D eigenvalue weighted by molar-refractivity contribution is 7.99. The van der Waals surface area contributed by atoms with Gasteiger partial charge in [0.25, 0.3) is 0 Å². The second kappa shape index (κ2) is 9.77. The topological polar surface area (TPSA) is 132 Å². The summed E-state index contributed by atoms with van der Waals surface area (Å²) in [5, 5.41) is 11.5. The number of nitrogens with zero attached hydrogens (tertiary/aromatic N) is 4. The fourth-order valence-electron chi connectivity index (χ4n) is 2.68. The Hall–Kier alpha value is -2.80. The highest BCUT2D eigenvalue weighted by Crippen LogP contribution is 2.30. The van der Waals surface area contributed by atoms with Crippen LogP contribution in [-0.2, 0) is 14.8 Å². The molecule has 0 saturated carbocycles. The van der Waals surface area contributed by atoms with Crippen LogP contribution in [0.25, 0.3) is 11.4 Å². The van der Waals surface area contributed by atoms with Crippen LogP contribution < -0.4 is 15.9 Å². The van der Waals surface area contributed by atoms with Gasteiger partial charge in [-0.3, -0.25) is 4.79 Å². The number of hydrogen-bond acceptors (Lipinski definition) is 8. The molecule has 3 rings (SSSR count). The molecule has 1 heterocycles. The lowest BCUT2D eigenvalue weighted by molar-refractivity contribution is -0.113. The minimum atomic E-state index is -3.76. The fourth-order valence-corrected chi connectivity index (χ4v) is 4.63. The Morgan fingerprint density at radius 1 is 1.25 bits per heavy atom. The predicted molar refractivity (Wildman–Crippen MR) is 124 cm³/mol. The summed E-state index contributed by atoms with van der Waals surface area (Å²) in [6, 6.07) is 11.4. The number of amides is 1. The van der Waals surface area contributed by atoms with Crippen LogP contribution in [-0.4, -0.2) is 60.5 Å². The number of sulfonamides is 1. The molecule has 3 N–H and O–H groups in total. The number of halogens is 1. The van der Waals surface area contributed by atoms with E-state index in [-0.39, 0.29) is 22.3 Å². The van der Waals surface area contributed by atoms with Gasteiger partial charge in [-0.15, -0.1) is 10.2 Å². The fraction of sp³-hybridized carbons (Fsp3) is 0.211. The van der Waals surface area contributed by atoms with Crippen LogP contribution in [0, 0.1) is 0 Å². The van der Waals surface area contributed by atoms with Crippen LogP contribution in [0.5, 0.6) is 5.75 Å². The molecule has 0 saturated heterocycles. The van der Waals surface area contributed by atoms with Crippen molar-refractivity contribution in [2.45, 2.75) is 10.1 Å². The third-order valence-corrected chi connectivity index (χ3v) is 7.43. The average molecular weight is 497 g/mol. The Bertz CT molecular complexity index is 1250. The molecule has 170 valence electrons. The molecule has 32 heavy (non-hydrogen) atoms. The van der Waals surface area contributed by atoms with Gasteiger partial charge in [-0.05, 0) is 30.3 Å². The van der Waals surface area contributed by atoms with E-state index in [4.69, 9.17) is 22.2 Å². The number of ether oxygens (including phenoxy) is 1.